The van der Waals surface area contributed by atoms with Crippen molar-refractivity contribution < 1.29 is 44.3 Å². The number of benzene rings is 2. The van der Waals surface area contributed by atoms with Crippen LogP contribution in [-0.2, 0) is 44.4 Å². The van der Waals surface area contributed by atoms with E-state index in [4.69, 9.17) is 19.6 Å². The molecule has 0 unspecified atom stereocenters. The topological polar surface area (TPSA) is 171 Å². The Morgan fingerprint density at radius 3 is 0.952 bits per heavy atom. The van der Waals surface area contributed by atoms with E-state index < -0.39 is 58.9 Å². The lowest BCUT2D eigenvalue weighted by Gasteiger charge is -2.50. The molecule has 62 heavy (non-hydrogen) atoms. The molecule has 0 atom stereocenters. The molecule has 0 saturated carbocycles. The Balaban J connectivity index is 0.00000251. The van der Waals surface area contributed by atoms with Crippen LogP contribution in [0.15, 0.2) is 24.3 Å². The summed E-state index contributed by atoms with van der Waals surface area (Å²) in [7, 11) is -5.22. The zero-order chi connectivity index (χ0) is 47.7. The molecular formula is C51H92O9P2. The number of aliphatic hydroxyl groups is 4. The van der Waals surface area contributed by atoms with E-state index >= 15 is 0 Å². The Bertz CT molecular complexity index is 1460. The number of aryl methyl sites for hydroxylation is 2. The molecule has 2 rings (SSSR count). The van der Waals surface area contributed by atoms with E-state index in [0.717, 1.165) is 71.9 Å². The van der Waals surface area contributed by atoms with E-state index in [1.807, 2.05) is 0 Å². The Morgan fingerprint density at radius 2 is 0.726 bits per heavy atom. The van der Waals surface area contributed by atoms with Crippen LogP contribution in [-0.4, -0.2) is 59.8 Å². The van der Waals surface area contributed by atoms with E-state index in [1.54, 1.807) is 0 Å². The molecule has 0 amide bonds. The summed E-state index contributed by atoms with van der Waals surface area (Å²) in [5.41, 5.74) is 3.50. The van der Waals surface area contributed by atoms with Gasteiger partial charge < -0.3 is 40.0 Å². The maximum Gasteiger partial charge on any atom is 0.334 e. The van der Waals surface area contributed by atoms with Gasteiger partial charge in [-0.15, -0.1) is 0 Å². The van der Waals surface area contributed by atoms with Gasteiger partial charge in [0.25, 0.3) is 0 Å². The van der Waals surface area contributed by atoms with E-state index in [2.05, 4.69) is 126 Å². The van der Waals surface area contributed by atoms with Gasteiger partial charge in [-0.25, -0.2) is 4.31 Å². The first-order valence-corrected chi connectivity index (χ1v) is 25.9. The van der Waals surface area contributed by atoms with Gasteiger partial charge in [0.05, 0.1) is 25.2 Å². The Hall–Kier alpha value is -1.06. The van der Waals surface area contributed by atoms with Crippen molar-refractivity contribution >= 4 is 17.2 Å². The average Bonchev–Trinajstić information content (AvgIpc) is 3.15. The molecule has 0 aliphatic carbocycles. The van der Waals surface area contributed by atoms with Crippen molar-refractivity contribution in [1.29, 1.82) is 0 Å². The van der Waals surface area contributed by atoms with Gasteiger partial charge >= 0.3 is 17.2 Å². The molecule has 2 aromatic rings. The van der Waals surface area contributed by atoms with Crippen molar-refractivity contribution in [2.45, 2.75) is 227 Å². The van der Waals surface area contributed by atoms with Gasteiger partial charge in [-0.3, -0.25) is 0 Å². The molecule has 0 radical (unpaired) electrons. The van der Waals surface area contributed by atoms with Gasteiger partial charge in [-0.2, -0.15) is 0 Å². The van der Waals surface area contributed by atoms with Crippen molar-refractivity contribution in [3.8, 4) is 0 Å². The van der Waals surface area contributed by atoms with Crippen LogP contribution in [0.5, 0.6) is 0 Å². The van der Waals surface area contributed by atoms with Gasteiger partial charge in [0.1, 0.15) is 5.60 Å². The molecule has 0 spiro atoms. The molecule has 0 aliphatic heterocycles. The highest BCUT2D eigenvalue weighted by Crippen LogP contribution is 2.54. The summed E-state index contributed by atoms with van der Waals surface area (Å²) in [6, 6.07) is 9.17. The first-order valence-electron chi connectivity index (χ1n) is 23.6. The minimum Gasteiger partial charge on any atom is -0.395 e. The van der Waals surface area contributed by atoms with E-state index in [-0.39, 0.29) is 10.8 Å². The summed E-state index contributed by atoms with van der Waals surface area (Å²) in [4.78, 5) is 31.3. The highest BCUT2D eigenvalue weighted by atomic mass is 31.2. The fraction of sp³-hybridized carbons (Fsp3) is 0.765. The Labute approximate surface area is 381 Å². The lowest BCUT2D eigenvalue weighted by Crippen LogP contribution is -2.56. The molecule has 0 aliphatic rings. The van der Waals surface area contributed by atoms with E-state index in [1.165, 1.54) is 75.3 Å². The van der Waals surface area contributed by atoms with Crippen LogP contribution in [0, 0.1) is 5.41 Å². The summed E-state index contributed by atoms with van der Waals surface area (Å²) in [5, 5.41) is 49.0. The summed E-state index contributed by atoms with van der Waals surface area (Å²) < 4.78 is 3.60. The quantitative estimate of drug-likeness (QED) is 0.0377. The zero-order valence-corrected chi connectivity index (χ0v) is 43.4. The van der Waals surface area contributed by atoms with Crippen molar-refractivity contribution in [2.75, 3.05) is 19.8 Å². The monoisotopic (exact) mass is 911 g/mol. The normalized spacial score (nSPS) is 13.3. The van der Waals surface area contributed by atoms with Crippen molar-refractivity contribution in [1.82, 2.24) is 0 Å². The third-order valence-corrected chi connectivity index (χ3v) is 13.6. The second-order valence-electron chi connectivity index (χ2n) is 21.9. The maximum absolute atomic E-state index is 14.4. The Morgan fingerprint density at radius 1 is 0.435 bits per heavy atom. The third-order valence-electron chi connectivity index (χ3n) is 12.4. The molecule has 8 N–H and O–H groups in total. The number of aliphatic hydroxyl groups excluding tert-OH is 3. The number of hydrogen-bond donors (Lipinski definition) is 8. The van der Waals surface area contributed by atoms with Crippen LogP contribution in [0.3, 0.4) is 0 Å². The number of unbranched alkanes of at least 4 members (excludes halogenated alkanes) is 12. The van der Waals surface area contributed by atoms with Crippen LogP contribution >= 0.6 is 17.2 Å². The second kappa shape index (κ2) is 26.3. The molecular weight excluding hydrogens is 819 g/mol. The van der Waals surface area contributed by atoms with Crippen LogP contribution in [0.1, 0.15) is 231 Å². The summed E-state index contributed by atoms with van der Waals surface area (Å²) in [5.74, 6) is 0. The highest BCUT2D eigenvalue weighted by Gasteiger charge is 2.57. The van der Waals surface area contributed by atoms with Crippen molar-refractivity contribution in [3.63, 3.8) is 0 Å². The van der Waals surface area contributed by atoms with Crippen LogP contribution in [0.4, 0.5) is 0 Å². The predicted molar refractivity (Wildman–Crippen MR) is 262 cm³/mol. The fourth-order valence-corrected chi connectivity index (χ4v) is 8.98. The molecule has 0 bridgehead atoms. The third kappa shape index (κ3) is 17.3. The molecule has 0 saturated heterocycles. The van der Waals surface area contributed by atoms with Crippen molar-refractivity contribution in [3.05, 3.63) is 68.8 Å². The standard InChI is InChI=1S/C51H88O4.H4O5P2/c1-15-17-19-21-23-25-27-29-38-31-40(46(3,4)5)33-42(48(9,10)11)44(38)51(55,50(35-52,36-53)37-54)45-39(30-28-26-24-22-20-18-16-2)32-41(47(6,7)8)34-43(45)49(12,13)14;1-6(2)5-7(3)4/h31-34,52-55H,15-30,35-37H2,1-14H3;1-4H. The lowest BCUT2D eigenvalue weighted by molar-refractivity contribution is -0.138. The van der Waals surface area contributed by atoms with E-state index in [9.17, 15) is 20.4 Å². The van der Waals surface area contributed by atoms with Crippen LogP contribution in [0.2, 0.25) is 0 Å². The first kappa shape index (κ1) is 59.0. The fourth-order valence-electron chi connectivity index (χ4n) is 8.46. The highest BCUT2D eigenvalue weighted by molar-refractivity contribution is 7.53. The average molecular weight is 911 g/mol. The maximum atomic E-state index is 14.4. The molecule has 0 heterocycles. The molecule has 2 aromatic carbocycles. The number of rotatable bonds is 24. The molecule has 360 valence electrons. The van der Waals surface area contributed by atoms with Gasteiger partial charge in [0.2, 0.25) is 0 Å². The molecule has 0 aromatic heterocycles. The molecule has 9 nitrogen and oxygen atoms in total. The second-order valence-corrected chi connectivity index (χ2v) is 23.6. The van der Waals surface area contributed by atoms with Crippen LogP contribution < -0.4 is 0 Å². The van der Waals surface area contributed by atoms with Gasteiger partial charge in [-0.05, 0) is 91.9 Å². The molecule has 11 heteroatoms. The summed E-state index contributed by atoms with van der Waals surface area (Å²) in [6.45, 7) is 29.6. The lowest BCUT2D eigenvalue weighted by atomic mass is 9.58. The van der Waals surface area contributed by atoms with E-state index in [0.29, 0.717) is 0 Å². The summed E-state index contributed by atoms with van der Waals surface area (Å²) >= 11 is 0. The smallest absolute Gasteiger partial charge is 0.334 e. The van der Waals surface area contributed by atoms with Gasteiger partial charge in [0, 0.05) is 0 Å². The van der Waals surface area contributed by atoms with Crippen LogP contribution in [0.25, 0.3) is 0 Å². The minimum atomic E-state index is -2.61. The van der Waals surface area contributed by atoms with Gasteiger partial charge in [0.15, 0.2) is 0 Å². The SMILES string of the molecule is CCCCCCCCCc1cc(C(C)(C)C)cc(C(C)(C)C)c1C(O)(c1c(CCCCCCCCC)cc(C(C)(C)C)cc1C(C)(C)C)C(CO)(CO)CO.OP(O)OP(O)O. The zero-order valence-electron chi connectivity index (χ0n) is 41.6. The largest absolute Gasteiger partial charge is 0.395 e. The summed E-state index contributed by atoms with van der Waals surface area (Å²) in [6.07, 6.45) is 18.1. The minimum absolute atomic E-state index is 0.138. The number of hydrogen-bond acceptors (Lipinski definition) is 9. The molecule has 0 fully saturated rings. The van der Waals surface area contributed by atoms with Gasteiger partial charge in [-0.1, -0.05) is 198 Å². The first-order chi connectivity index (χ1) is 28.6. The van der Waals surface area contributed by atoms with Crippen molar-refractivity contribution in [2.24, 2.45) is 5.41 Å². The Kier molecular flexibility index (Phi) is 25.0. The predicted octanol–water partition coefficient (Wildman–Crippen LogP) is 12.1.